The van der Waals surface area contributed by atoms with Crippen molar-refractivity contribution in [3.8, 4) is 0 Å². The minimum atomic E-state index is -0.359. The Bertz CT molecular complexity index is 462. The number of hydrogen-bond donors (Lipinski definition) is 1. The van der Waals surface area contributed by atoms with Crippen molar-refractivity contribution >= 4 is 0 Å². The van der Waals surface area contributed by atoms with Gasteiger partial charge in [-0.3, -0.25) is 4.90 Å². The number of benzene rings is 1. The van der Waals surface area contributed by atoms with Crippen LogP contribution in [0, 0.1) is 17.6 Å². The van der Waals surface area contributed by atoms with E-state index in [1.54, 1.807) is 0 Å². The maximum Gasteiger partial charge on any atom is 0.128 e. The molecule has 1 saturated heterocycles. The molecule has 0 amide bonds. The second-order valence-corrected chi connectivity index (χ2v) is 6.26. The highest BCUT2D eigenvalue weighted by Gasteiger charge is 2.33. The van der Waals surface area contributed by atoms with Crippen molar-refractivity contribution < 1.29 is 8.78 Å². The van der Waals surface area contributed by atoms with E-state index in [0.717, 1.165) is 32.4 Å². The van der Waals surface area contributed by atoms with Gasteiger partial charge in [-0.15, -0.1) is 0 Å². The number of likely N-dealkylation sites (tertiary alicyclic amines) is 1. The van der Waals surface area contributed by atoms with Crippen molar-refractivity contribution in [3.63, 3.8) is 0 Å². The molecule has 118 valence electrons. The summed E-state index contributed by atoms with van der Waals surface area (Å²) in [4.78, 5) is 2.33. The lowest BCUT2D eigenvalue weighted by Crippen LogP contribution is -2.40. The van der Waals surface area contributed by atoms with Gasteiger partial charge in [-0.2, -0.15) is 0 Å². The molecule has 1 aromatic rings. The molecule has 0 spiro atoms. The molecule has 4 heteroatoms. The van der Waals surface area contributed by atoms with Gasteiger partial charge in [0.2, 0.25) is 0 Å². The average molecular weight is 296 g/mol. The quantitative estimate of drug-likeness (QED) is 0.910. The lowest BCUT2D eigenvalue weighted by molar-refractivity contribution is 0.115. The van der Waals surface area contributed by atoms with E-state index in [0.29, 0.717) is 17.5 Å². The fourth-order valence-corrected chi connectivity index (χ4v) is 3.50. The Balaban J connectivity index is 2.44. The summed E-state index contributed by atoms with van der Waals surface area (Å²) < 4.78 is 28.0. The zero-order valence-corrected chi connectivity index (χ0v) is 13.2. The maximum atomic E-state index is 14.3. The fourth-order valence-electron chi connectivity index (χ4n) is 3.50. The highest BCUT2D eigenvalue weighted by Crippen LogP contribution is 2.37. The summed E-state index contributed by atoms with van der Waals surface area (Å²) in [7, 11) is 1.92. The van der Waals surface area contributed by atoms with Crippen LogP contribution in [0.4, 0.5) is 8.78 Å². The van der Waals surface area contributed by atoms with Crippen molar-refractivity contribution in [2.24, 2.45) is 5.92 Å². The van der Waals surface area contributed by atoms with Crippen molar-refractivity contribution in [2.45, 2.75) is 45.2 Å². The van der Waals surface area contributed by atoms with Crippen LogP contribution in [0.25, 0.3) is 0 Å². The van der Waals surface area contributed by atoms with Crippen LogP contribution in [0.15, 0.2) is 18.2 Å². The molecule has 1 aliphatic rings. The van der Waals surface area contributed by atoms with E-state index in [-0.39, 0.29) is 17.7 Å². The molecule has 2 atom stereocenters. The van der Waals surface area contributed by atoms with Gasteiger partial charge in [-0.05, 0) is 70.9 Å². The highest BCUT2D eigenvalue weighted by molar-refractivity contribution is 5.24. The molecule has 21 heavy (non-hydrogen) atoms. The summed E-state index contributed by atoms with van der Waals surface area (Å²) in [5.74, 6) is -0.353. The lowest BCUT2D eigenvalue weighted by Gasteiger charge is -2.38. The van der Waals surface area contributed by atoms with Crippen molar-refractivity contribution in [3.05, 3.63) is 35.4 Å². The predicted octanol–water partition coefficient (Wildman–Crippen LogP) is 3.74. The van der Waals surface area contributed by atoms with Gasteiger partial charge in [-0.1, -0.05) is 6.42 Å². The molecule has 0 bridgehead atoms. The molecule has 2 nitrogen and oxygen atoms in total. The van der Waals surface area contributed by atoms with E-state index >= 15 is 0 Å². The molecule has 1 fully saturated rings. The Morgan fingerprint density at radius 3 is 2.71 bits per heavy atom. The molecule has 2 rings (SSSR count). The summed E-state index contributed by atoms with van der Waals surface area (Å²) in [6.07, 6.45) is 3.31. The van der Waals surface area contributed by atoms with Crippen LogP contribution < -0.4 is 5.32 Å². The van der Waals surface area contributed by atoms with Crippen LogP contribution in [-0.4, -0.2) is 31.1 Å². The second kappa shape index (κ2) is 7.32. The smallest absolute Gasteiger partial charge is 0.128 e. The van der Waals surface area contributed by atoms with Gasteiger partial charge in [-0.25, -0.2) is 8.78 Å². The summed E-state index contributed by atoms with van der Waals surface area (Å²) in [6, 6.07) is 4.08. The minimum absolute atomic E-state index is 0.0596. The van der Waals surface area contributed by atoms with E-state index < -0.39 is 0 Å². The molecule has 2 unspecified atom stereocenters. The third-order valence-electron chi connectivity index (χ3n) is 4.45. The van der Waals surface area contributed by atoms with Crippen LogP contribution in [0.5, 0.6) is 0 Å². The van der Waals surface area contributed by atoms with E-state index in [1.807, 2.05) is 7.05 Å². The molecule has 1 N–H and O–H groups in total. The first-order chi connectivity index (χ1) is 10.0. The topological polar surface area (TPSA) is 15.3 Å². The Labute approximate surface area is 126 Å². The first-order valence-electron chi connectivity index (χ1n) is 7.90. The van der Waals surface area contributed by atoms with Gasteiger partial charge in [0, 0.05) is 17.6 Å². The highest BCUT2D eigenvalue weighted by atomic mass is 19.1. The van der Waals surface area contributed by atoms with E-state index in [1.165, 1.54) is 18.2 Å². The van der Waals surface area contributed by atoms with Crippen molar-refractivity contribution in [1.29, 1.82) is 0 Å². The number of rotatable bonds is 4. The van der Waals surface area contributed by atoms with Gasteiger partial charge < -0.3 is 5.32 Å². The Morgan fingerprint density at radius 1 is 1.29 bits per heavy atom. The largest absolute Gasteiger partial charge is 0.319 e. The fraction of sp³-hybridized carbons (Fsp3) is 0.647. The molecule has 0 aromatic heterocycles. The number of nitrogens with one attached hydrogen (secondary N) is 1. The molecule has 1 aromatic carbocycles. The van der Waals surface area contributed by atoms with Gasteiger partial charge in [0.1, 0.15) is 11.6 Å². The van der Waals surface area contributed by atoms with Crippen LogP contribution in [0.1, 0.15) is 44.7 Å². The number of halogens is 2. The predicted molar refractivity (Wildman–Crippen MR) is 82.2 cm³/mol. The monoisotopic (exact) mass is 296 g/mol. The van der Waals surface area contributed by atoms with Crippen molar-refractivity contribution in [2.75, 3.05) is 20.1 Å². The third-order valence-corrected chi connectivity index (χ3v) is 4.45. The van der Waals surface area contributed by atoms with Gasteiger partial charge in [0.25, 0.3) is 0 Å². The molecule has 1 heterocycles. The van der Waals surface area contributed by atoms with Crippen LogP contribution >= 0.6 is 0 Å². The van der Waals surface area contributed by atoms with E-state index in [4.69, 9.17) is 0 Å². The molecular weight excluding hydrogens is 270 g/mol. The van der Waals surface area contributed by atoms with Crippen molar-refractivity contribution in [1.82, 2.24) is 10.2 Å². The Kier molecular flexibility index (Phi) is 5.71. The van der Waals surface area contributed by atoms with Crippen LogP contribution in [-0.2, 0) is 0 Å². The summed E-state index contributed by atoms with van der Waals surface area (Å²) >= 11 is 0. The molecule has 0 radical (unpaired) electrons. The standard InChI is InChI=1S/C17H26F2N2/c1-12(2)21-9-5-4-6-13(11-20-3)17(21)15-10-14(18)7-8-16(15)19/h7-8,10,12-13,17,20H,4-6,9,11H2,1-3H3. The first kappa shape index (κ1) is 16.4. The average Bonchev–Trinajstić information content (AvgIpc) is 2.64. The normalized spacial score (nSPS) is 24.3. The summed E-state index contributed by atoms with van der Waals surface area (Å²) in [5, 5.41) is 3.22. The zero-order valence-electron chi connectivity index (χ0n) is 13.2. The molecular formula is C17H26F2N2. The number of nitrogens with zero attached hydrogens (tertiary/aromatic N) is 1. The molecule has 1 aliphatic heterocycles. The van der Waals surface area contributed by atoms with Gasteiger partial charge in [0.05, 0.1) is 0 Å². The zero-order chi connectivity index (χ0) is 15.4. The van der Waals surface area contributed by atoms with Gasteiger partial charge in [0.15, 0.2) is 0 Å². The third kappa shape index (κ3) is 3.80. The Hall–Kier alpha value is -1.00. The van der Waals surface area contributed by atoms with E-state index in [9.17, 15) is 8.78 Å². The maximum absolute atomic E-state index is 14.3. The molecule has 0 saturated carbocycles. The molecule has 0 aliphatic carbocycles. The van der Waals surface area contributed by atoms with Crippen LogP contribution in [0.2, 0.25) is 0 Å². The van der Waals surface area contributed by atoms with Gasteiger partial charge >= 0.3 is 0 Å². The Morgan fingerprint density at radius 2 is 2.05 bits per heavy atom. The summed E-state index contributed by atoms with van der Waals surface area (Å²) in [5.41, 5.74) is 0.505. The first-order valence-corrected chi connectivity index (χ1v) is 7.90. The lowest BCUT2D eigenvalue weighted by atomic mass is 9.88. The second-order valence-electron chi connectivity index (χ2n) is 6.26. The van der Waals surface area contributed by atoms with E-state index in [2.05, 4.69) is 24.1 Å². The number of hydrogen-bond acceptors (Lipinski definition) is 2. The summed E-state index contributed by atoms with van der Waals surface area (Å²) in [6.45, 7) is 6.03. The minimum Gasteiger partial charge on any atom is -0.319 e. The van der Waals surface area contributed by atoms with Crippen LogP contribution in [0.3, 0.4) is 0 Å². The SMILES string of the molecule is CNCC1CCCCN(C(C)C)C1c1cc(F)ccc1F.